The number of pyridine rings is 1. The maximum Gasteiger partial charge on any atom is 0.270 e. The Morgan fingerprint density at radius 3 is 2.44 bits per heavy atom. The van der Waals surface area contributed by atoms with Crippen molar-refractivity contribution in [3.63, 3.8) is 0 Å². The van der Waals surface area contributed by atoms with Gasteiger partial charge in [0.05, 0.1) is 4.92 Å². The van der Waals surface area contributed by atoms with Gasteiger partial charge >= 0.3 is 0 Å². The number of Topliss-reactive ketones (excluding diaryl/α,β-unsaturated/α-hetero) is 1. The molecule has 1 aromatic carbocycles. The molecule has 1 aliphatic heterocycles. The molecule has 0 spiro atoms. The van der Waals surface area contributed by atoms with Crippen LogP contribution >= 0.6 is 0 Å². The van der Waals surface area contributed by atoms with E-state index in [1.807, 2.05) is 0 Å². The maximum atomic E-state index is 13.1. The molecule has 3 rings (SSSR count). The largest absolute Gasteiger partial charge is 0.340 e. The number of nitro benzene ring substituents is 1. The Labute approximate surface area is 155 Å². The first kappa shape index (κ1) is 18.5. The summed E-state index contributed by atoms with van der Waals surface area (Å²) < 4.78 is 1.10. The Hall–Kier alpha value is -3.29. The molecule has 27 heavy (non-hydrogen) atoms. The van der Waals surface area contributed by atoms with Crippen molar-refractivity contribution in [1.82, 2.24) is 9.47 Å². The Bertz CT molecular complexity index is 931. The zero-order valence-electron chi connectivity index (χ0n) is 14.6. The highest BCUT2D eigenvalue weighted by molar-refractivity contribution is 6.12. The Balaban J connectivity index is 2.04. The third kappa shape index (κ3) is 3.94. The van der Waals surface area contributed by atoms with E-state index in [9.17, 15) is 24.5 Å². The number of likely N-dealkylation sites (tertiary alicyclic amines) is 1. The van der Waals surface area contributed by atoms with Crippen LogP contribution in [-0.4, -0.2) is 39.2 Å². The number of piperidine rings is 1. The molecule has 0 radical (unpaired) electrons. The summed E-state index contributed by atoms with van der Waals surface area (Å²) in [7, 11) is 0. The van der Waals surface area contributed by atoms with Crippen LogP contribution in [0.25, 0.3) is 0 Å². The standard InChI is InChI=1S/C19H19N3O5/c23-16-9-2-5-12-21(16)17(19(25)20-10-3-1-4-11-20)18(24)14-7-6-8-15(13-14)22(26)27/h2,5-9,12-13,17H,1,3-4,10-11H2/t17-/m1/s1. The minimum Gasteiger partial charge on any atom is -0.340 e. The predicted octanol–water partition coefficient (Wildman–Crippen LogP) is 2.19. The summed E-state index contributed by atoms with van der Waals surface area (Å²) in [6.45, 7) is 1.05. The van der Waals surface area contributed by atoms with Gasteiger partial charge in [-0.3, -0.25) is 29.1 Å². The highest BCUT2D eigenvalue weighted by Gasteiger charge is 2.34. The van der Waals surface area contributed by atoms with Crippen molar-refractivity contribution in [2.24, 2.45) is 0 Å². The fraction of sp³-hybridized carbons (Fsp3) is 0.316. The first-order chi connectivity index (χ1) is 13.0. The van der Waals surface area contributed by atoms with Gasteiger partial charge in [0.1, 0.15) is 0 Å². The van der Waals surface area contributed by atoms with Crippen LogP contribution in [0.15, 0.2) is 53.5 Å². The smallest absolute Gasteiger partial charge is 0.270 e. The van der Waals surface area contributed by atoms with Crippen molar-refractivity contribution in [2.45, 2.75) is 25.3 Å². The third-order valence-corrected chi connectivity index (χ3v) is 4.62. The summed E-state index contributed by atoms with van der Waals surface area (Å²) in [5.74, 6) is -1.10. The summed E-state index contributed by atoms with van der Waals surface area (Å²) in [6, 6.07) is 8.20. The number of ketones is 1. The molecule has 1 atom stereocenters. The normalized spacial score (nSPS) is 15.2. The van der Waals surface area contributed by atoms with Crippen LogP contribution in [0, 0.1) is 10.1 Å². The molecule has 0 bridgehead atoms. The number of carbonyl (C=O) groups excluding carboxylic acids is 2. The van der Waals surface area contributed by atoms with Crippen LogP contribution < -0.4 is 5.56 Å². The van der Waals surface area contributed by atoms with E-state index in [1.54, 1.807) is 11.0 Å². The molecule has 8 nitrogen and oxygen atoms in total. The van der Waals surface area contributed by atoms with Gasteiger partial charge in [0.2, 0.25) is 0 Å². The zero-order valence-corrected chi connectivity index (χ0v) is 14.6. The second-order valence-electron chi connectivity index (χ2n) is 6.41. The number of benzene rings is 1. The molecule has 1 aliphatic rings. The lowest BCUT2D eigenvalue weighted by molar-refractivity contribution is -0.384. The van der Waals surface area contributed by atoms with Crippen LogP contribution in [0.3, 0.4) is 0 Å². The lowest BCUT2D eigenvalue weighted by Gasteiger charge is -2.30. The molecule has 2 heterocycles. The summed E-state index contributed by atoms with van der Waals surface area (Å²) in [5.41, 5.74) is -0.701. The van der Waals surface area contributed by atoms with E-state index in [0.717, 1.165) is 29.9 Å². The summed E-state index contributed by atoms with van der Waals surface area (Å²) in [4.78, 5) is 50.5. The van der Waals surface area contributed by atoms with Crippen LogP contribution in [0.1, 0.15) is 35.7 Å². The number of hydrogen-bond donors (Lipinski definition) is 0. The van der Waals surface area contributed by atoms with Gasteiger partial charge in [-0.15, -0.1) is 0 Å². The number of nitro groups is 1. The molecule has 0 aliphatic carbocycles. The van der Waals surface area contributed by atoms with Gasteiger partial charge in [-0.05, 0) is 25.3 Å². The average molecular weight is 369 g/mol. The van der Waals surface area contributed by atoms with Crippen LogP contribution in [0.2, 0.25) is 0 Å². The third-order valence-electron chi connectivity index (χ3n) is 4.62. The number of non-ortho nitro benzene ring substituents is 1. The van der Waals surface area contributed by atoms with E-state index in [4.69, 9.17) is 0 Å². The first-order valence-corrected chi connectivity index (χ1v) is 8.73. The average Bonchev–Trinajstić information content (AvgIpc) is 2.70. The topological polar surface area (TPSA) is 103 Å². The monoisotopic (exact) mass is 369 g/mol. The molecule has 140 valence electrons. The molecule has 2 aromatic rings. The molecular weight excluding hydrogens is 350 g/mol. The van der Waals surface area contributed by atoms with Gasteiger partial charge in [0.15, 0.2) is 11.8 Å². The van der Waals surface area contributed by atoms with Gasteiger partial charge in [0.25, 0.3) is 17.2 Å². The Kier molecular flexibility index (Phi) is 5.44. The molecule has 1 fully saturated rings. The molecule has 1 amide bonds. The van der Waals surface area contributed by atoms with Crippen molar-refractivity contribution in [3.05, 3.63) is 74.7 Å². The van der Waals surface area contributed by atoms with Crippen molar-refractivity contribution in [1.29, 1.82) is 0 Å². The molecule has 8 heteroatoms. The second-order valence-corrected chi connectivity index (χ2v) is 6.41. The molecular formula is C19H19N3O5. The lowest BCUT2D eigenvalue weighted by atomic mass is 10.0. The summed E-state index contributed by atoms with van der Waals surface area (Å²) in [5, 5.41) is 11.0. The van der Waals surface area contributed by atoms with E-state index >= 15 is 0 Å². The minimum atomic E-state index is -1.38. The fourth-order valence-electron chi connectivity index (χ4n) is 3.23. The van der Waals surface area contributed by atoms with Crippen molar-refractivity contribution in [2.75, 3.05) is 13.1 Å². The van der Waals surface area contributed by atoms with Gasteiger partial charge in [-0.2, -0.15) is 0 Å². The lowest BCUT2D eigenvalue weighted by Crippen LogP contribution is -2.45. The van der Waals surface area contributed by atoms with Crippen LogP contribution in [0.5, 0.6) is 0 Å². The Morgan fingerprint density at radius 1 is 1.04 bits per heavy atom. The van der Waals surface area contributed by atoms with E-state index in [0.29, 0.717) is 13.1 Å². The van der Waals surface area contributed by atoms with Crippen molar-refractivity contribution >= 4 is 17.4 Å². The zero-order chi connectivity index (χ0) is 19.4. The number of carbonyl (C=O) groups is 2. The minimum absolute atomic E-state index is 0.0234. The number of hydrogen-bond acceptors (Lipinski definition) is 5. The molecule has 0 saturated carbocycles. The number of rotatable bonds is 5. The Morgan fingerprint density at radius 2 is 1.78 bits per heavy atom. The van der Waals surface area contributed by atoms with Crippen LogP contribution in [0.4, 0.5) is 5.69 Å². The second kappa shape index (κ2) is 7.94. The highest BCUT2D eigenvalue weighted by Crippen LogP contribution is 2.22. The number of aromatic nitrogens is 1. The molecule has 0 N–H and O–H groups in total. The quantitative estimate of drug-likeness (QED) is 0.348. The first-order valence-electron chi connectivity index (χ1n) is 8.73. The maximum absolute atomic E-state index is 13.1. The summed E-state index contributed by atoms with van der Waals surface area (Å²) in [6.07, 6.45) is 4.09. The van der Waals surface area contributed by atoms with Gasteiger partial charge in [0, 0.05) is 43.0 Å². The molecule has 1 aromatic heterocycles. The van der Waals surface area contributed by atoms with Crippen molar-refractivity contribution < 1.29 is 14.5 Å². The summed E-state index contributed by atoms with van der Waals surface area (Å²) >= 11 is 0. The van der Waals surface area contributed by atoms with Crippen LogP contribution in [-0.2, 0) is 4.79 Å². The number of amides is 1. The van der Waals surface area contributed by atoms with Gasteiger partial charge in [-0.1, -0.05) is 18.2 Å². The van der Waals surface area contributed by atoms with E-state index in [1.165, 1.54) is 36.5 Å². The molecule has 0 unspecified atom stereocenters. The predicted molar refractivity (Wildman–Crippen MR) is 97.6 cm³/mol. The van der Waals surface area contributed by atoms with Gasteiger partial charge < -0.3 is 4.90 Å². The highest BCUT2D eigenvalue weighted by atomic mass is 16.6. The van der Waals surface area contributed by atoms with E-state index < -0.39 is 28.2 Å². The van der Waals surface area contributed by atoms with Gasteiger partial charge in [-0.25, -0.2) is 0 Å². The SMILES string of the molecule is O=C(c1cccc([N+](=O)[O-])c1)[C@H](C(=O)N1CCCCC1)n1ccccc1=O. The van der Waals surface area contributed by atoms with Crippen molar-refractivity contribution in [3.8, 4) is 0 Å². The molecule has 1 saturated heterocycles. The number of nitrogens with zero attached hydrogens (tertiary/aromatic N) is 3. The van der Waals surface area contributed by atoms with E-state index in [-0.39, 0.29) is 11.3 Å². The van der Waals surface area contributed by atoms with E-state index in [2.05, 4.69) is 0 Å². The fourth-order valence-corrected chi connectivity index (χ4v) is 3.23.